The summed E-state index contributed by atoms with van der Waals surface area (Å²) in [6.07, 6.45) is 1.74. The number of aromatic nitrogens is 1. The quantitative estimate of drug-likeness (QED) is 0.538. The summed E-state index contributed by atoms with van der Waals surface area (Å²) in [7, 11) is 1.56. The lowest BCUT2D eigenvalue weighted by molar-refractivity contribution is -0.139. The molecule has 32 heavy (non-hydrogen) atoms. The maximum absolute atomic E-state index is 13.6. The molecule has 2 aromatic carbocycles. The molecular formula is C24H21ClN2O4S. The van der Waals surface area contributed by atoms with Gasteiger partial charge in [-0.3, -0.25) is 9.36 Å². The molecule has 0 aliphatic carbocycles. The maximum Gasteiger partial charge on any atom is 0.338 e. The van der Waals surface area contributed by atoms with E-state index in [4.69, 9.17) is 21.1 Å². The molecule has 0 amide bonds. The van der Waals surface area contributed by atoms with Crippen molar-refractivity contribution < 1.29 is 14.3 Å². The van der Waals surface area contributed by atoms with Gasteiger partial charge in [0.15, 0.2) is 4.80 Å². The van der Waals surface area contributed by atoms with E-state index in [0.29, 0.717) is 36.9 Å². The van der Waals surface area contributed by atoms with Crippen LogP contribution in [0.2, 0.25) is 5.02 Å². The lowest BCUT2D eigenvalue weighted by Gasteiger charge is -2.25. The van der Waals surface area contributed by atoms with E-state index in [1.165, 1.54) is 15.9 Å². The van der Waals surface area contributed by atoms with Crippen LogP contribution in [-0.4, -0.2) is 24.3 Å². The van der Waals surface area contributed by atoms with Crippen LogP contribution in [0.3, 0.4) is 0 Å². The number of para-hydroxylation sites is 1. The highest BCUT2D eigenvalue weighted by Gasteiger charge is 2.34. The Morgan fingerprint density at radius 1 is 1.22 bits per heavy atom. The fraction of sp³-hybridized carbons (Fsp3) is 0.208. The molecule has 0 saturated carbocycles. The van der Waals surface area contributed by atoms with Crippen LogP contribution in [0.25, 0.3) is 6.08 Å². The van der Waals surface area contributed by atoms with Gasteiger partial charge >= 0.3 is 5.97 Å². The van der Waals surface area contributed by atoms with Crippen LogP contribution in [-0.2, 0) is 9.53 Å². The summed E-state index contributed by atoms with van der Waals surface area (Å²) in [5.74, 6) is 0.0553. The first kappa shape index (κ1) is 22.0. The minimum absolute atomic E-state index is 0.213. The first-order valence-corrected chi connectivity index (χ1v) is 11.2. The average Bonchev–Trinajstić information content (AvgIpc) is 3.09. The molecule has 1 aliphatic rings. The number of esters is 1. The minimum atomic E-state index is -0.727. The van der Waals surface area contributed by atoms with Crippen molar-refractivity contribution in [3.05, 3.63) is 95.6 Å². The van der Waals surface area contributed by atoms with Gasteiger partial charge in [-0.05, 0) is 37.6 Å². The Hall–Kier alpha value is -3.16. The summed E-state index contributed by atoms with van der Waals surface area (Å²) in [4.78, 5) is 31.6. The number of nitrogens with zero attached hydrogens (tertiary/aromatic N) is 2. The van der Waals surface area contributed by atoms with Crippen LogP contribution in [0, 0.1) is 0 Å². The second kappa shape index (κ2) is 9.14. The molecule has 0 fully saturated rings. The van der Waals surface area contributed by atoms with Crippen LogP contribution >= 0.6 is 22.9 Å². The first-order chi connectivity index (χ1) is 15.5. The van der Waals surface area contributed by atoms with Gasteiger partial charge in [0, 0.05) is 10.6 Å². The summed E-state index contributed by atoms with van der Waals surface area (Å²) in [6, 6.07) is 13.9. The monoisotopic (exact) mass is 468 g/mol. The molecule has 0 radical (unpaired) electrons. The summed E-state index contributed by atoms with van der Waals surface area (Å²) in [5, 5.41) is 0.544. The van der Waals surface area contributed by atoms with Crippen LogP contribution in [0.5, 0.6) is 5.75 Å². The zero-order valence-corrected chi connectivity index (χ0v) is 19.4. The molecule has 164 valence electrons. The number of allylic oxidation sites excluding steroid dienone is 1. The van der Waals surface area contributed by atoms with E-state index in [1.54, 1.807) is 39.2 Å². The number of rotatable bonds is 5. The van der Waals surface area contributed by atoms with Crippen molar-refractivity contribution in [1.29, 1.82) is 0 Å². The van der Waals surface area contributed by atoms with Gasteiger partial charge in [-0.2, -0.15) is 0 Å². The van der Waals surface area contributed by atoms with E-state index in [9.17, 15) is 9.59 Å². The molecule has 2 heterocycles. The van der Waals surface area contributed by atoms with E-state index in [-0.39, 0.29) is 12.2 Å². The van der Waals surface area contributed by atoms with Crippen molar-refractivity contribution in [2.75, 3.05) is 13.7 Å². The van der Waals surface area contributed by atoms with Gasteiger partial charge in [-0.25, -0.2) is 9.79 Å². The van der Waals surface area contributed by atoms with E-state index >= 15 is 0 Å². The van der Waals surface area contributed by atoms with Crippen LogP contribution in [0.1, 0.15) is 31.0 Å². The molecule has 0 unspecified atom stereocenters. The van der Waals surface area contributed by atoms with Crippen LogP contribution in [0.15, 0.2) is 69.6 Å². The summed E-state index contributed by atoms with van der Waals surface area (Å²) < 4.78 is 12.9. The highest BCUT2D eigenvalue weighted by molar-refractivity contribution is 7.07. The number of ether oxygens (including phenoxy) is 2. The normalized spacial score (nSPS) is 15.9. The third-order valence-electron chi connectivity index (χ3n) is 5.14. The molecular weight excluding hydrogens is 448 g/mol. The molecule has 4 rings (SSSR count). The zero-order chi connectivity index (χ0) is 22.8. The van der Waals surface area contributed by atoms with Crippen molar-refractivity contribution in [2.45, 2.75) is 19.9 Å². The van der Waals surface area contributed by atoms with E-state index in [1.807, 2.05) is 36.4 Å². The van der Waals surface area contributed by atoms with E-state index in [2.05, 4.69) is 4.99 Å². The van der Waals surface area contributed by atoms with Crippen LogP contribution in [0.4, 0.5) is 0 Å². The fourth-order valence-electron chi connectivity index (χ4n) is 3.71. The zero-order valence-electron chi connectivity index (χ0n) is 17.8. The topological polar surface area (TPSA) is 69.9 Å². The van der Waals surface area contributed by atoms with Crippen molar-refractivity contribution in [3.63, 3.8) is 0 Å². The summed E-state index contributed by atoms with van der Waals surface area (Å²) >= 11 is 7.55. The number of fused-ring (bicyclic) bond motifs is 1. The highest BCUT2D eigenvalue weighted by atomic mass is 35.5. The molecule has 3 aromatic rings. The van der Waals surface area contributed by atoms with Gasteiger partial charge in [0.05, 0.1) is 29.5 Å². The average molecular weight is 469 g/mol. The SMILES string of the molecule is CCOC(=O)C1=C(C)N=c2s/c(=C\c3ccccc3Cl)c(=O)n2[C@@H]1c1ccccc1OC. The van der Waals surface area contributed by atoms with Crippen molar-refractivity contribution in [1.82, 2.24) is 4.57 Å². The predicted octanol–water partition coefficient (Wildman–Crippen LogP) is 3.46. The van der Waals surface area contributed by atoms with Gasteiger partial charge in [-0.15, -0.1) is 0 Å². The third-order valence-corrected chi connectivity index (χ3v) is 6.47. The number of benzene rings is 2. The number of hydrogen-bond acceptors (Lipinski definition) is 6. The molecule has 1 aliphatic heterocycles. The van der Waals surface area contributed by atoms with Crippen LogP contribution < -0.4 is 19.6 Å². The lowest BCUT2D eigenvalue weighted by atomic mass is 9.95. The highest BCUT2D eigenvalue weighted by Crippen LogP contribution is 2.35. The molecule has 8 heteroatoms. The number of methoxy groups -OCH3 is 1. The molecule has 0 bridgehead atoms. The maximum atomic E-state index is 13.6. The Morgan fingerprint density at radius 2 is 1.94 bits per heavy atom. The predicted molar refractivity (Wildman–Crippen MR) is 125 cm³/mol. The molecule has 1 aromatic heterocycles. The second-order valence-electron chi connectivity index (χ2n) is 7.07. The molecule has 0 saturated heterocycles. The molecule has 0 N–H and O–H groups in total. The Bertz CT molecular complexity index is 1400. The molecule has 6 nitrogen and oxygen atoms in total. The van der Waals surface area contributed by atoms with Gasteiger partial charge in [0.1, 0.15) is 11.8 Å². The molecule has 0 spiro atoms. The Balaban J connectivity index is 2.01. The van der Waals surface area contributed by atoms with Gasteiger partial charge in [-0.1, -0.05) is 59.3 Å². The Morgan fingerprint density at radius 3 is 2.66 bits per heavy atom. The second-order valence-corrected chi connectivity index (χ2v) is 8.48. The van der Waals surface area contributed by atoms with Gasteiger partial charge in [0.25, 0.3) is 5.56 Å². The number of hydrogen-bond donors (Lipinski definition) is 0. The van der Waals surface area contributed by atoms with E-state index < -0.39 is 12.0 Å². The van der Waals surface area contributed by atoms with Gasteiger partial charge in [0.2, 0.25) is 0 Å². The standard InChI is InChI=1S/C24H21ClN2O4S/c1-4-31-23(29)20-14(2)26-24-27(21(20)16-10-6-8-12-18(16)30-3)22(28)19(32-24)13-15-9-5-7-11-17(15)25/h5-13,21H,4H2,1-3H3/b19-13-/t21-/m1/s1. The third kappa shape index (κ3) is 3.89. The Kier molecular flexibility index (Phi) is 6.30. The van der Waals surface area contributed by atoms with Crippen molar-refractivity contribution in [3.8, 4) is 5.75 Å². The number of carbonyl (C=O) groups excluding carboxylic acids is 1. The Labute approximate surface area is 193 Å². The fourth-order valence-corrected chi connectivity index (χ4v) is 4.94. The minimum Gasteiger partial charge on any atom is -0.496 e. The smallest absolute Gasteiger partial charge is 0.338 e. The number of halogens is 1. The number of thiazole rings is 1. The van der Waals surface area contributed by atoms with Gasteiger partial charge < -0.3 is 9.47 Å². The molecule has 1 atom stereocenters. The number of carbonyl (C=O) groups is 1. The van der Waals surface area contributed by atoms with E-state index in [0.717, 1.165) is 5.56 Å². The summed E-state index contributed by atoms with van der Waals surface area (Å²) in [5.41, 5.74) is 1.96. The largest absolute Gasteiger partial charge is 0.496 e. The van der Waals surface area contributed by atoms with Crippen molar-refractivity contribution >= 4 is 35.0 Å². The van der Waals surface area contributed by atoms with Crippen molar-refractivity contribution in [2.24, 2.45) is 4.99 Å². The lowest BCUT2D eigenvalue weighted by Crippen LogP contribution is -2.40. The first-order valence-electron chi connectivity index (χ1n) is 10.0. The summed E-state index contributed by atoms with van der Waals surface area (Å²) in [6.45, 7) is 3.70.